The smallest absolute Gasteiger partial charge is 0.0702 e. The summed E-state index contributed by atoms with van der Waals surface area (Å²) < 4.78 is 5.70. The first-order valence-electron chi connectivity index (χ1n) is 7.80. The fourth-order valence-electron chi connectivity index (χ4n) is 3.55. The number of β-amino-alcohol motifs (C(OH)–C–C–N with tert-alkyl or cyclic N) is 1. The average molecular weight is 255 g/mol. The molecule has 1 aliphatic carbocycles. The standard InChI is InChI=1S/C15H29NO2/c1-2-18-15-8-5-9-16(12-15)11-14(17)10-13-6-3-4-7-13/h13-15,17H,2-12H2,1H3. The summed E-state index contributed by atoms with van der Waals surface area (Å²) in [6, 6.07) is 0. The molecule has 0 aromatic rings. The Balaban J connectivity index is 1.67. The minimum atomic E-state index is -0.131. The van der Waals surface area contributed by atoms with Crippen molar-refractivity contribution in [3.05, 3.63) is 0 Å². The molecule has 3 heteroatoms. The number of rotatable bonds is 6. The molecule has 1 aliphatic heterocycles. The van der Waals surface area contributed by atoms with Crippen molar-refractivity contribution in [3.8, 4) is 0 Å². The highest BCUT2D eigenvalue weighted by atomic mass is 16.5. The molecule has 2 atom stereocenters. The SMILES string of the molecule is CCOC1CCCN(CC(O)CC2CCCC2)C1. The van der Waals surface area contributed by atoms with E-state index in [9.17, 15) is 5.11 Å². The fourth-order valence-corrected chi connectivity index (χ4v) is 3.55. The lowest BCUT2D eigenvalue weighted by Gasteiger charge is -2.34. The van der Waals surface area contributed by atoms with E-state index < -0.39 is 0 Å². The van der Waals surface area contributed by atoms with E-state index in [1.54, 1.807) is 0 Å². The molecule has 1 saturated carbocycles. The minimum Gasteiger partial charge on any atom is -0.392 e. The zero-order valence-corrected chi connectivity index (χ0v) is 11.8. The topological polar surface area (TPSA) is 32.7 Å². The largest absolute Gasteiger partial charge is 0.392 e. The molecule has 18 heavy (non-hydrogen) atoms. The summed E-state index contributed by atoms with van der Waals surface area (Å²) in [5, 5.41) is 10.2. The van der Waals surface area contributed by atoms with Gasteiger partial charge in [0.25, 0.3) is 0 Å². The van der Waals surface area contributed by atoms with Gasteiger partial charge in [0.1, 0.15) is 0 Å². The van der Waals surface area contributed by atoms with E-state index >= 15 is 0 Å². The van der Waals surface area contributed by atoms with Crippen molar-refractivity contribution < 1.29 is 9.84 Å². The summed E-state index contributed by atoms with van der Waals surface area (Å²) in [6.07, 6.45) is 9.06. The Kier molecular flexibility index (Phi) is 5.93. The summed E-state index contributed by atoms with van der Waals surface area (Å²) in [6.45, 7) is 5.86. The second kappa shape index (κ2) is 7.46. The number of ether oxygens (including phenoxy) is 1. The highest BCUT2D eigenvalue weighted by molar-refractivity contribution is 4.78. The molecule has 0 spiro atoms. The van der Waals surface area contributed by atoms with Crippen molar-refractivity contribution in [1.82, 2.24) is 4.90 Å². The quantitative estimate of drug-likeness (QED) is 0.791. The van der Waals surface area contributed by atoms with Gasteiger partial charge in [0.15, 0.2) is 0 Å². The molecule has 1 heterocycles. The number of aliphatic hydroxyl groups excluding tert-OH is 1. The molecule has 3 nitrogen and oxygen atoms in total. The number of aliphatic hydroxyl groups is 1. The lowest BCUT2D eigenvalue weighted by Crippen LogP contribution is -2.43. The zero-order valence-electron chi connectivity index (χ0n) is 11.8. The molecule has 1 saturated heterocycles. The molecule has 2 aliphatic rings. The fraction of sp³-hybridized carbons (Fsp3) is 1.00. The molecular weight excluding hydrogens is 226 g/mol. The summed E-state index contributed by atoms with van der Waals surface area (Å²) in [5.74, 6) is 0.785. The lowest BCUT2D eigenvalue weighted by atomic mass is 9.99. The van der Waals surface area contributed by atoms with Crippen molar-refractivity contribution in [2.75, 3.05) is 26.2 Å². The van der Waals surface area contributed by atoms with Crippen LogP contribution in [0.25, 0.3) is 0 Å². The van der Waals surface area contributed by atoms with Gasteiger partial charge in [-0.1, -0.05) is 25.7 Å². The van der Waals surface area contributed by atoms with Crippen LogP contribution in [-0.2, 0) is 4.74 Å². The lowest BCUT2D eigenvalue weighted by molar-refractivity contribution is -0.00928. The van der Waals surface area contributed by atoms with Crippen LogP contribution in [0.3, 0.4) is 0 Å². The van der Waals surface area contributed by atoms with Crippen LogP contribution in [0.15, 0.2) is 0 Å². The van der Waals surface area contributed by atoms with Gasteiger partial charge in [0, 0.05) is 19.7 Å². The summed E-state index contributed by atoms with van der Waals surface area (Å²) in [7, 11) is 0. The van der Waals surface area contributed by atoms with Gasteiger partial charge in [-0.2, -0.15) is 0 Å². The van der Waals surface area contributed by atoms with Crippen LogP contribution in [-0.4, -0.2) is 48.5 Å². The van der Waals surface area contributed by atoms with Crippen LogP contribution in [0.4, 0.5) is 0 Å². The van der Waals surface area contributed by atoms with Crippen molar-refractivity contribution >= 4 is 0 Å². The second-order valence-corrected chi connectivity index (χ2v) is 6.02. The number of likely N-dealkylation sites (tertiary alicyclic amines) is 1. The molecule has 0 bridgehead atoms. The number of piperidine rings is 1. The molecule has 0 amide bonds. The van der Waals surface area contributed by atoms with E-state index in [0.717, 1.165) is 38.6 Å². The van der Waals surface area contributed by atoms with Crippen LogP contribution >= 0.6 is 0 Å². The highest BCUT2D eigenvalue weighted by Crippen LogP contribution is 2.28. The first-order valence-corrected chi connectivity index (χ1v) is 7.80. The van der Waals surface area contributed by atoms with Crippen molar-refractivity contribution in [2.45, 2.75) is 64.1 Å². The third-order valence-corrected chi connectivity index (χ3v) is 4.41. The number of nitrogens with zero attached hydrogens (tertiary/aromatic N) is 1. The van der Waals surface area contributed by atoms with Crippen molar-refractivity contribution in [2.24, 2.45) is 5.92 Å². The van der Waals surface area contributed by atoms with E-state index in [-0.39, 0.29) is 6.10 Å². The predicted octanol–water partition coefficient (Wildman–Crippen LogP) is 2.43. The van der Waals surface area contributed by atoms with E-state index in [1.165, 1.54) is 38.5 Å². The third kappa shape index (κ3) is 4.52. The summed E-state index contributed by atoms with van der Waals surface area (Å²) in [5.41, 5.74) is 0. The monoisotopic (exact) mass is 255 g/mol. The Hall–Kier alpha value is -0.120. The maximum absolute atomic E-state index is 10.2. The third-order valence-electron chi connectivity index (χ3n) is 4.41. The molecule has 1 N–H and O–H groups in total. The molecule has 2 rings (SSSR count). The van der Waals surface area contributed by atoms with Crippen LogP contribution in [0.2, 0.25) is 0 Å². The first kappa shape index (κ1) is 14.3. The Morgan fingerprint density at radius 3 is 2.72 bits per heavy atom. The van der Waals surface area contributed by atoms with Gasteiger partial charge >= 0.3 is 0 Å². The molecule has 0 radical (unpaired) electrons. The minimum absolute atomic E-state index is 0.131. The van der Waals surface area contributed by atoms with Gasteiger partial charge in [-0.25, -0.2) is 0 Å². The second-order valence-electron chi connectivity index (χ2n) is 6.02. The molecular formula is C15H29NO2. The first-order chi connectivity index (χ1) is 8.78. The van der Waals surface area contributed by atoms with Crippen LogP contribution in [0.1, 0.15) is 51.9 Å². The maximum Gasteiger partial charge on any atom is 0.0702 e. The molecule has 2 fully saturated rings. The molecule has 106 valence electrons. The van der Waals surface area contributed by atoms with Crippen molar-refractivity contribution in [3.63, 3.8) is 0 Å². The Morgan fingerprint density at radius 2 is 2.00 bits per heavy atom. The van der Waals surface area contributed by atoms with Crippen molar-refractivity contribution in [1.29, 1.82) is 0 Å². The zero-order chi connectivity index (χ0) is 12.8. The Labute approximate surface area is 112 Å². The van der Waals surface area contributed by atoms with Gasteiger partial charge in [0.2, 0.25) is 0 Å². The van der Waals surface area contributed by atoms with E-state index in [4.69, 9.17) is 4.74 Å². The highest BCUT2D eigenvalue weighted by Gasteiger charge is 2.24. The van der Waals surface area contributed by atoms with E-state index in [2.05, 4.69) is 11.8 Å². The van der Waals surface area contributed by atoms with Gasteiger partial charge in [-0.05, 0) is 38.6 Å². The molecule has 2 unspecified atom stereocenters. The predicted molar refractivity (Wildman–Crippen MR) is 73.7 cm³/mol. The van der Waals surface area contributed by atoms with Gasteiger partial charge in [-0.15, -0.1) is 0 Å². The average Bonchev–Trinajstić information content (AvgIpc) is 2.82. The van der Waals surface area contributed by atoms with Gasteiger partial charge in [-0.3, -0.25) is 4.90 Å². The summed E-state index contributed by atoms with van der Waals surface area (Å²) in [4.78, 5) is 2.39. The number of hydrogen-bond donors (Lipinski definition) is 1. The van der Waals surface area contributed by atoms with E-state index in [1.807, 2.05) is 0 Å². The van der Waals surface area contributed by atoms with Gasteiger partial charge < -0.3 is 9.84 Å². The Bertz CT molecular complexity index is 227. The van der Waals surface area contributed by atoms with Crippen LogP contribution in [0.5, 0.6) is 0 Å². The van der Waals surface area contributed by atoms with E-state index in [0.29, 0.717) is 6.10 Å². The number of hydrogen-bond acceptors (Lipinski definition) is 3. The Morgan fingerprint density at radius 1 is 1.22 bits per heavy atom. The van der Waals surface area contributed by atoms with Crippen LogP contribution < -0.4 is 0 Å². The van der Waals surface area contributed by atoms with Crippen LogP contribution in [0, 0.1) is 5.92 Å². The molecule has 0 aromatic carbocycles. The maximum atomic E-state index is 10.2. The molecule has 0 aromatic heterocycles. The normalized spacial score (nSPS) is 28.7. The van der Waals surface area contributed by atoms with Gasteiger partial charge in [0.05, 0.1) is 12.2 Å². The summed E-state index contributed by atoms with van der Waals surface area (Å²) >= 11 is 0.